The van der Waals surface area contributed by atoms with Crippen LogP contribution in [0.3, 0.4) is 0 Å². The summed E-state index contributed by atoms with van der Waals surface area (Å²) in [6, 6.07) is 4.79. The van der Waals surface area contributed by atoms with Gasteiger partial charge in [-0.1, -0.05) is 0 Å². The molecule has 84 valence electrons. The summed E-state index contributed by atoms with van der Waals surface area (Å²) in [6.45, 7) is 0. The summed E-state index contributed by atoms with van der Waals surface area (Å²) in [6.07, 6.45) is 2.74. The molecule has 3 rings (SSSR count). The number of aromatic carboxylic acids is 1. The van der Waals surface area contributed by atoms with Crippen molar-refractivity contribution < 1.29 is 14.3 Å². The maximum absolute atomic E-state index is 11.1. The van der Waals surface area contributed by atoms with Crippen molar-refractivity contribution in [3.05, 3.63) is 36.5 Å². The molecule has 0 aliphatic rings. The second-order valence-corrected chi connectivity index (χ2v) is 3.28. The zero-order valence-corrected chi connectivity index (χ0v) is 8.44. The van der Waals surface area contributed by atoms with Crippen LogP contribution in [0.1, 0.15) is 10.5 Å². The predicted molar refractivity (Wildman–Crippen MR) is 55.4 cm³/mol. The van der Waals surface area contributed by atoms with Crippen LogP contribution < -0.4 is 0 Å². The number of nitrogens with zero attached hydrogens (tertiary/aromatic N) is 4. The van der Waals surface area contributed by atoms with Gasteiger partial charge in [0.2, 0.25) is 0 Å². The third-order valence-electron chi connectivity index (χ3n) is 2.24. The minimum absolute atomic E-state index is 0.0149. The van der Waals surface area contributed by atoms with Gasteiger partial charge in [-0.05, 0) is 12.1 Å². The molecule has 17 heavy (non-hydrogen) atoms. The van der Waals surface area contributed by atoms with Crippen molar-refractivity contribution in [1.82, 2.24) is 19.6 Å². The molecule has 7 heteroatoms. The van der Waals surface area contributed by atoms with E-state index < -0.39 is 5.97 Å². The lowest BCUT2D eigenvalue weighted by atomic mass is 10.2. The molecule has 3 heterocycles. The normalized spacial score (nSPS) is 10.8. The predicted octanol–water partition coefficient (Wildman–Crippen LogP) is 1.08. The minimum atomic E-state index is -1.10. The van der Waals surface area contributed by atoms with Gasteiger partial charge in [0.15, 0.2) is 11.5 Å². The summed E-state index contributed by atoms with van der Waals surface area (Å²) in [5, 5.41) is 12.9. The molecule has 1 N–H and O–H groups in total. The molecule has 3 aromatic rings. The number of hydrogen-bond acceptors (Lipinski definition) is 5. The second-order valence-electron chi connectivity index (χ2n) is 3.28. The molecule has 0 bridgehead atoms. The summed E-state index contributed by atoms with van der Waals surface area (Å²) >= 11 is 0. The van der Waals surface area contributed by atoms with Crippen LogP contribution in [0, 0.1) is 0 Å². The van der Waals surface area contributed by atoms with Crippen LogP contribution in [0.2, 0.25) is 0 Å². The third kappa shape index (κ3) is 1.44. The molecule has 0 spiro atoms. The Labute approximate surface area is 94.3 Å². The van der Waals surface area contributed by atoms with Gasteiger partial charge < -0.3 is 9.52 Å². The van der Waals surface area contributed by atoms with E-state index in [9.17, 15) is 4.79 Å². The molecule has 0 aliphatic heterocycles. The van der Waals surface area contributed by atoms with Crippen molar-refractivity contribution in [2.75, 3.05) is 0 Å². The van der Waals surface area contributed by atoms with Gasteiger partial charge in [0.25, 0.3) is 5.78 Å². The van der Waals surface area contributed by atoms with Crippen molar-refractivity contribution in [3.63, 3.8) is 0 Å². The van der Waals surface area contributed by atoms with Gasteiger partial charge >= 0.3 is 5.97 Å². The van der Waals surface area contributed by atoms with Crippen LogP contribution in [-0.2, 0) is 0 Å². The van der Waals surface area contributed by atoms with Gasteiger partial charge in [-0.25, -0.2) is 9.78 Å². The third-order valence-corrected chi connectivity index (χ3v) is 2.24. The number of carbonyl (C=O) groups is 1. The Morgan fingerprint density at radius 1 is 1.47 bits per heavy atom. The number of fused-ring (bicyclic) bond motifs is 1. The molecule has 0 fully saturated rings. The molecule has 0 atom stereocenters. The molecule has 0 radical (unpaired) electrons. The van der Waals surface area contributed by atoms with Gasteiger partial charge in [-0.15, -0.1) is 0 Å². The zero-order chi connectivity index (χ0) is 11.8. The molecule has 0 amide bonds. The summed E-state index contributed by atoms with van der Waals surface area (Å²) in [5.41, 5.74) is 0.395. The Morgan fingerprint density at radius 2 is 2.35 bits per heavy atom. The minimum Gasteiger partial charge on any atom is -0.477 e. The van der Waals surface area contributed by atoms with E-state index in [1.807, 2.05) is 0 Å². The van der Waals surface area contributed by atoms with Crippen molar-refractivity contribution >= 4 is 11.7 Å². The first-order chi connectivity index (χ1) is 8.25. The first-order valence-electron chi connectivity index (χ1n) is 4.73. The highest BCUT2D eigenvalue weighted by Crippen LogP contribution is 2.19. The topological polar surface area (TPSA) is 93.5 Å². The van der Waals surface area contributed by atoms with E-state index in [0.29, 0.717) is 11.5 Å². The summed E-state index contributed by atoms with van der Waals surface area (Å²) in [4.78, 5) is 19.1. The second kappa shape index (κ2) is 3.41. The van der Waals surface area contributed by atoms with E-state index in [4.69, 9.17) is 9.52 Å². The van der Waals surface area contributed by atoms with E-state index in [1.54, 1.807) is 12.1 Å². The largest absolute Gasteiger partial charge is 0.477 e. The first-order valence-corrected chi connectivity index (χ1v) is 4.73. The highest BCUT2D eigenvalue weighted by atomic mass is 16.4. The average Bonchev–Trinajstić information content (AvgIpc) is 2.98. The van der Waals surface area contributed by atoms with Crippen molar-refractivity contribution in [2.45, 2.75) is 0 Å². The summed E-state index contributed by atoms with van der Waals surface area (Å²) < 4.78 is 6.33. The lowest BCUT2D eigenvalue weighted by molar-refractivity contribution is 0.0687. The van der Waals surface area contributed by atoms with E-state index in [0.717, 1.165) is 4.52 Å². The molecule has 3 aromatic heterocycles. The fourth-order valence-electron chi connectivity index (χ4n) is 1.52. The Morgan fingerprint density at radius 3 is 3.06 bits per heavy atom. The average molecular weight is 230 g/mol. The SMILES string of the molecule is O=C(O)c1cc(-c2ccco2)nc2ncnn12. The van der Waals surface area contributed by atoms with Crippen LogP contribution >= 0.6 is 0 Å². The molecule has 0 unspecified atom stereocenters. The van der Waals surface area contributed by atoms with Crippen molar-refractivity contribution in [3.8, 4) is 11.5 Å². The molecule has 0 saturated carbocycles. The number of rotatable bonds is 2. The summed E-state index contributed by atoms with van der Waals surface area (Å²) in [5.74, 6) is -0.398. The van der Waals surface area contributed by atoms with Gasteiger partial charge in [0.05, 0.1) is 6.26 Å². The quantitative estimate of drug-likeness (QED) is 0.708. The number of carboxylic acid groups (broad SMARTS) is 1. The van der Waals surface area contributed by atoms with Gasteiger partial charge in [-0.2, -0.15) is 14.6 Å². The van der Waals surface area contributed by atoms with Gasteiger partial charge in [0, 0.05) is 6.07 Å². The monoisotopic (exact) mass is 230 g/mol. The Kier molecular flexibility index (Phi) is 1.91. The van der Waals surface area contributed by atoms with Crippen molar-refractivity contribution in [1.29, 1.82) is 0 Å². The highest BCUT2D eigenvalue weighted by molar-refractivity contribution is 5.87. The molecule has 0 aromatic carbocycles. The molecule has 0 aliphatic carbocycles. The zero-order valence-electron chi connectivity index (χ0n) is 8.44. The number of aromatic nitrogens is 4. The molecular formula is C10H6N4O3. The smallest absolute Gasteiger partial charge is 0.354 e. The number of furan rings is 1. The van der Waals surface area contributed by atoms with Gasteiger partial charge in [-0.3, -0.25) is 0 Å². The Balaban J connectivity index is 2.31. The van der Waals surface area contributed by atoms with Crippen LogP contribution in [-0.4, -0.2) is 30.7 Å². The van der Waals surface area contributed by atoms with Crippen LogP contribution in [0.4, 0.5) is 0 Å². The van der Waals surface area contributed by atoms with E-state index >= 15 is 0 Å². The van der Waals surface area contributed by atoms with Gasteiger partial charge in [0.1, 0.15) is 12.0 Å². The fourth-order valence-corrected chi connectivity index (χ4v) is 1.52. The highest BCUT2D eigenvalue weighted by Gasteiger charge is 2.15. The molecular weight excluding hydrogens is 224 g/mol. The number of carboxylic acids is 1. The number of hydrogen-bond donors (Lipinski definition) is 1. The van der Waals surface area contributed by atoms with Crippen LogP contribution in [0.5, 0.6) is 0 Å². The van der Waals surface area contributed by atoms with E-state index in [2.05, 4.69) is 15.1 Å². The standard InChI is InChI=1S/C10H6N4O3/c15-9(16)7-4-6(8-2-1-3-17-8)13-10-11-5-12-14(7)10/h1-5H,(H,15,16). The van der Waals surface area contributed by atoms with Crippen molar-refractivity contribution in [2.24, 2.45) is 0 Å². The lowest BCUT2D eigenvalue weighted by Crippen LogP contribution is -2.08. The van der Waals surface area contributed by atoms with E-state index in [1.165, 1.54) is 18.7 Å². The van der Waals surface area contributed by atoms with E-state index in [-0.39, 0.29) is 11.5 Å². The molecule has 0 saturated heterocycles. The van der Waals surface area contributed by atoms with Crippen LogP contribution in [0.15, 0.2) is 35.2 Å². The first kappa shape index (κ1) is 9.52. The Bertz CT molecular complexity index is 687. The molecule has 7 nitrogen and oxygen atoms in total. The summed E-state index contributed by atoms with van der Waals surface area (Å²) in [7, 11) is 0. The van der Waals surface area contributed by atoms with Crippen LogP contribution in [0.25, 0.3) is 17.2 Å². The fraction of sp³-hybridized carbons (Fsp3) is 0. The Hall–Kier alpha value is -2.70. The maximum atomic E-state index is 11.1. The lowest BCUT2D eigenvalue weighted by Gasteiger charge is -2.01. The maximum Gasteiger partial charge on any atom is 0.354 e.